The number of thioether (sulfide) groups is 2. The zero-order valence-electron chi connectivity index (χ0n) is 20.7. The van der Waals surface area contributed by atoms with Crippen molar-refractivity contribution in [2.45, 2.75) is 87.3 Å². The highest BCUT2D eigenvalue weighted by molar-refractivity contribution is 8.00. The van der Waals surface area contributed by atoms with Crippen molar-refractivity contribution < 1.29 is 42.9 Å². The topological polar surface area (TPSA) is 114 Å². The summed E-state index contributed by atoms with van der Waals surface area (Å²) in [5, 5.41) is 0.381. The number of benzene rings is 1. The van der Waals surface area contributed by atoms with Gasteiger partial charge in [-0.15, -0.1) is 23.5 Å². The Kier molecular flexibility index (Phi) is 11.4. The molecule has 1 heterocycles. The molecule has 0 spiro atoms. The highest BCUT2D eigenvalue weighted by Crippen LogP contribution is 2.37. The largest absolute Gasteiger partial charge is 0.463 e. The van der Waals surface area contributed by atoms with Gasteiger partial charge in [-0.1, -0.05) is 32.0 Å². The van der Waals surface area contributed by atoms with Crippen molar-refractivity contribution in [1.82, 2.24) is 0 Å². The molecule has 9 nitrogen and oxygen atoms in total. The Labute approximate surface area is 213 Å². The molecule has 11 heteroatoms. The molecule has 2 rings (SSSR count). The van der Waals surface area contributed by atoms with E-state index in [0.717, 1.165) is 10.5 Å². The van der Waals surface area contributed by atoms with E-state index in [4.69, 9.17) is 23.7 Å². The van der Waals surface area contributed by atoms with Gasteiger partial charge in [0.2, 0.25) is 0 Å². The third kappa shape index (κ3) is 9.38. The number of esters is 4. The van der Waals surface area contributed by atoms with Crippen LogP contribution in [0.15, 0.2) is 29.2 Å². The van der Waals surface area contributed by atoms with Crippen LogP contribution in [0.25, 0.3) is 0 Å². The first kappa shape index (κ1) is 29.0. The van der Waals surface area contributed by atoms with Crippen molar-refractivity contribution in [3.8, 4) is 0 Å². The molecule has 194 valence electrons. The molecule has 0 N–H and O–H groups in total. The first-order valence-electron chi connectivity index (χ1n) is 11.1. The van der Waals surface area contributed by atoms with Crippen molar-refractivity contribution in [3.63, 3.8) is 0 Å². The van der Waals surface area contributed by atoms with Gasteiger partial charge in [-0.2, -0.15) is 0 Å². The van der Waals surface area contributed by atoms with Gasteiger partial charge in [0, 0.05) is 43.6 Å². The van der Waals surface area contributed by atoms with Gasteiger partial charge in [0.05, 0.1) is 0 Å². The Hall–Kier alpha value is -2.24. The lowest BCUT2D eigenvalue weighted by atomic mass is 9.99. The minimum atomic E-state index is -1.16. The van der Waals surface area contributed by atoms with E-state index in [0.29, 0.717) is 11.0 Å². The van der Waals surface area contributed by atoms with Crippen molar-refractivity contribution >= 4 is 47.4 Å². The summed E-state index contributed by atoms with van der Waals surface area (Å²) in [6.07, 6.45) is -4.32. The average Bonchev–Trinajstić information content (AvgIpc) is 2.74. The molecule has 1 aromatic rings. The molecule has 0 radical (unpaired) electrons. The van der Waals surface area contributed by atoms with Crippen LogP contribution in [0.2, 0.25) is 0 Å². The maximum atomic E-state index is 12.0. The fraction of sp³-hybridized carbons (Fsp3) is 0.583. The second-order valence-corrected chi connectivity index (χ2v) is 10.9. The van der Waals surface area contributed by atoms with E-state index in [9.17, 15) is 19.2 Å². The van der Waals surface area contributed by atoms with Gasteiger partial charge in [-0.3, -0.25) is 19.2 Å². The van der Waals surface area contributed by atoms with Crippen molar-refractivity contribution in [1.29, 1.82) is 0 Å². The van der Waals surface area contributed by atoms with E-state index >= 15 is 0 Å². The summed E-state index contributed by atoms with van der Waals surface area (Å²) >= 11 is 3.07. The van der Waals surface area contributed by atoms with Gasteiger partial charge in [0.15, 0.2) is 18.3 Å². The predicted octanol–water partition coefficient (Wildman–Crippen LogP) is 3.50. The summed E-state index contributed by atoms with van der Waals surface area (Å²) in [4.78, 5) is 48.3. The van der Waals surface area contributed by atoms with Gasteiger partial charge >= 0.3 is 23.9 Å². The van der Waals surface area contributed by atoms with Crippen molar-refractivity contribution in [2.75, 3.05) is 6.61 Å². The molecule has 1 saturated heterocycles. The van der Waals surface area contributed by atoms with Crippen LogP contribution in [0.1, 0.15) is 47.1 Å². The quantitative estimate of drug-likeness (QED) is 0.252. The Morgan fingerprint density at radius 2 is 1.43 bits per heavy atom. The first-order valence-corrected chi connectivity index (χ1v) is 13.1. The lowest BCUT2D eigenvalue weighted by molar-refractivity contribution is -0.237. The molecular weight excluding hydrogens is 496 g/mol. The predicted molar refractivity (Wildman–Crippen MR) is 131 cm³/mol. The van der Waals surface area contributed by atoms with Crippen LogP contribution >= 0.6 is 23.5 Å². The summed E-state index contributed by atoms with van der Waals surface area (Å²) in [5.74, 6) is -1.97. The lowest BCUT2D eigenvalue weighted by Gasteiger charge is -2.44. The molecule has 35 heavy (non-hydrogen) atoms. The molecule has 0 saturated carbocycles. The Morgan fingerprint density at radius 1 is 0.857 bits per heavy atom. The first-order chi connectivity index (χ1) is 16.5. The minimum absolute atomic E-state index is 0.241. The fourth-order valence-corrected chi connectivity index (χ4v) is 5.75. The number of carbonyl (C=O) groups is 4. The molecule has 0 aliphatic carbocycles. The smallest absolute Gasteiger partial charge is 0.303 e. The van der Waals surface area contributed by atoms with E-state index in [-0.39, 0.29) is 6.61 Å². The number of hydrogen-bond acceptors (Lipinski definition) is 11. The second kappa shape index (κ2) is 13.7. The van der Waals surface area contributed by atoms with Crippen LogP contribution in [0.4, 0.5) is 0 Å². The van der Waals surface area contributed by atoms with Crippen LogP contribution in [0.3, 0.4) is 0 Å². The van der Waals surface area contributed by atoms with Gasteiger partial charge in [0.25, 0.3) is 0 Å². The van der Waals surface area contributed by atoms with Crippen LogP contribution in [0, 0.1) is 0 Å². The van der Waals surface area contributed by atoms with Gasteiger partial charge < -0.3 is 23.7 Å². The molecular formula is C24H32O9S2. The van der Waals surface area contributed by atoms with Crippen LogP contribution in [-0.4, -0.2) is 65.6 Å². The van der Waals surface area contributed by atoms with E-state index < -0.39 is 53.7 Å². The Balaban J connectivity index is 2.38. The summed E-state index contributed by atoms with van der Waals surface area (Å²) in [6, 6.07) is 7.94. The zero-order valence-corrected chi connectivity index (χ0v) is 22.3. The summed E-state index contributed by atoms with van der Waals surface area (Å²) < 4.78 is 27.7. The molecule has 5 atom stereocenters. The number of rotatable bonds is 10. The van der Waals surface area contributed by atoms with Crippen LogP contribution in [0.5, 0.6) is 0 Å². The molecule has 1 aliphatic heterocycles. The van der Waals surface area contributed by atoms with Gasteiger partial charge in [-0.05, 0) is 11.6 Å². The molecule has 1 fully saturated rings. The maximum absolute atomic E-state index is 12.0. The fourth-order valence-electron chi connectivity index (χ4n) is 3.49. The molecule has 0 unspecified atom stereocenters. The van der Waals surface area contributed by atoms with E-state index in [1.807, 2.05) is 24.3 Å². The zero-order chi connectivity index (χ0) is 26.1. The van der Waals surface area contributed by atoms with Crippen LogP contribution in [-0.2, 0) is 48.6 Å². The normalized spacial score (nSPS) is 23.9. The van der Waals surface area contributed by atoms with E-state index in [1.165, 1.54) is 39.5 Å². The van der Waals surface area contributed by atoms with E-state index in [1.54, 1.807) is 11.8 Å². The lowest BCUT2D eigenvalue weighted by Crippen LogP contribution is -2.61. The van der Waals surface area contributed by atoms with Gasteiger partial charge in [0.1, 0.15) is 18.1 Å². The second-order valence-electron chi connectivity index (χ2n) is 8.15. The summed E-state index contributed by atoms with van der Waals surface area (Å²) in [7, 11) is 0. The minimum Gasteiger partial charge on any atom is -0.463 e. The number of hydrogen-bond donors (Lipinski definition) is 0. The third-order valence-corrected chi connectivity index (χ3v) is 7.00. The standard InChI is InChI=1S/C24H32O9S2/c1-13(2)35-20-10-8-7-9-18(20)12-34-24-23(32-17(6)28)22(31-16(5)27)21(30-15(4)26)19(33-24)11-29-14(3)25/h7-10,13,19,21-24H,11-12H2,1-6H3/t19-,21-,22+,23+,24-/m1/s1. The van der Waals surface area contributed by atoms with Gasteiger partial charge in [-0.25, -0.2) is 0 Å². The molecule has 0 bridgehead atoms. The summed E-state index contributed by atoms with van der Waals surface area (Å²) in [5.41, 5.74) is 0.261. The maximum Gasteiger partial charge on any atom is 0.303 e. The Morgan fingerprint density at radius 3 is 2.00 bits per heavy atom. The highest BCUT2D eigenvalue weighted by Gasteiger charge is 2.52. The summed E-state index contributed by atoms with van der Waals surface area (Å²) in [6.45, 7) is 8.83. The van der Waals surface area contributed by atoms with Crippen molar-refractivity contribution in [2.24, 2.45) is 0 Å². The molecule has 1 aromatic carbocycles. The third-order valence-electron chi connectivity index (χ3n) is 4.69. The SMILES string of the molecule is CC(=O)OC[C@H]1O[C@H](SCc2ccccc2SC(C)C)[C@@H](OC(C)=O)[C@@H](OC(C)=O)[C@@H]1OC(C)=O. The molecule has 0 aromatic heterocycles. The molecule has 0 amide bonds. The van der Waals surface area contributed by atoms with E-state index in [2.05, 4.69) is 13.8 Å². The molecule has 1 aliphatic rings. The monoisotopic (exact) mass is 528 g/mol. The Bertz CT molecular complexity index is 905. The van der Waals surface area contributed by atoms with Crippen molar-refractivity contribution in [3.05, 3.63) is 29.8 Å². The average molecular weight is 529 g/mol. The number of carbonyl (C=O) groups excluding carboxylic acids is 4. The van der Waals surface area contributed by atoms with Crippen LogP contribution < -0.4 is 0 Å². The highest BCUT2D eigenvalue weighted by atomic mass is 32.2. The number of ether oxygens (including phenoxy) is 5.